The lowest BCUT2D eigenvalue weighted by molar-refractivity contribution is 0.0691. The van der Waals surface area contributed by atoms with Crippen LogP contribution >= 0.6 is 0 Å². The summed E-state index contributed by atoms with van der Waals surface area (Å²) in [5.74, 6) is 1.57. The van der Waals surface area contributed by atoms with E-state index in [1.54, 1.807) is 6.07 Å². The molecule has 0 aromatic carbocycles. The number of carboxylic acid groups (broad SMARTS) is 1. The standard InChI is InChI=1S/C11H11NO3/c1-2-3-4-8-15-10-9(11(13)14)6-5-7-12-10/h1,5-7H,3-4,8H2,(H,13,14). The number of aromatic carboxylic acids is 1. The van der Waals surface area contributed by atoms with Gasteiger partial charge in [0, 0.05) is 12.6 Å². The zero-order valence-corrected chi connectivity index (χ0v) is 8.14. The molecule has 0 aliphatic rings. The number of pyridine rings is 1. The van der Waals surface area contributed by atoms with Crippen molar-refractivity contribution in [3.63, 3.8) is 0 Å². The maximum Gasteiger partial charge on any atom is 0.341 e. The normalized spacial score (nSPS) is 9.27. The third-order valence-corrected chi connectivity index (χ3v) is 1.71. The molecule has 1 aromatic heterocycles. The highest BCUT2D eigenvalue weighted by Gasteiger charge is 2.10. The van der Waals surface area contributed by atoms with Gasteiger partial charge >= 0.3 is 5.97 Å². The van der Waals surface area contributed by atoms with Gasteiger partial charge in [0.2, 0.25) is 5.88 Å². The predicted molar refractivity (Wildman–Crippen MR) is 54.8 cm³/mol. The van der Waals surface area contributed by atoms with E-state index >= 15 is 0 Å². The highest BCUT2D eigenvalue weighted by molar-refractivity contribution is 5.90. The molecule has 1 aromatic rings. The van der Waals surface area contributed by atoms with E-state index in [0.717, 1.165) is 0 Å². The molecular weight excluding hydrogens is 194 g/mol. The Labute approximate surface area is 87.9 Å². The summed E-state index contributed by atoms with van der Waals surface area (Å²) in [6.07, 6.45) is 7.85. The van der Waals surface area contributed by atoms with Crippen molar-refractivity contribution in [3.05, 3.63) is 23.9 Å². The average Bonchev–Trinajstić information content (AvgIpc) is 2.25. The third kappa shape index (κ3) is 3.31. The molecule has 4 heteroatoms. The van der Waals surface area contributed by atoms with Crippen LogP contribution in [0.1, 0.15) is 23.2 Å². The molecular formula is C11H11NO3. The Hall–Kier alpha value is -2.02. The minimum absolute atomic E-state index is 0.0678. The van der Waals surface area contributed by atoms with E-state index in [9.17, 15) is 4.79 Å². The van der Waals surface area contributed by atoms with Crippen molar-refractivity contribution in [2.75, 3.05) is 6.61 Å². The van der Waals surface area contributed by atoms with Gasteiger partial charge in [-0.3, -0.25) is 0 Å². The van der Waals surface area contributed by atoms with Crippen LogP contribution < -0.4 is 4.74 Å². The SMILES string of the molecule is C#CCCCOc1ncccc1C(=O)O. The molecule has 0 aliphatic heterocycles. The molecule has 0 spiro atoms. The Bertz CT molecular complexity index is 382. The van der Waals surface area contributed by atoms with Gasteiger partial charge in [-0.1, -0.05) is 0 Å². The number of ether oxygens (including phenoxy) is 1. The number of rotatable bonds is 5. The minimum atomic E-state index is -1.05. The first-order valence-electron chi connectivity index (χ1n) is 4.50. The monoisotopic (exact) mass is 205 g/mol. The first-order valence-corrected chi connectivity index (χ1v) is 4.50. The Morgan fingerprint density at radius 1 is 1.67 bits per heavy atom. The lowest BCUT2D eigenvalue weighted by Crippen LogP contribution is -2.05. The zero-order valence-electron chi connectivity index (χ0n) is 8.14. The summed E-state index contributed by atoms with van der Waals surface area (Å²) in [4.78, 5) is 14.6. The largest absolute Gasteiger partial charge is 0.477 e. The van der Waals surface area contributed by atoms with Crippen LogP contribution in [0.3, 0.4) is 0 Å². The van der Waals surface area contributed by atoms with Crippen LogP contribution in [0, 0.1) is 12.3 Å². The molecule has 0 fully saturated rings. The fraction of sp³-hybridized carbons (Fsp3) is 0.273. The minimum Gasteiger partial charge on any atom is -0.477 e. The summed E-state index contributed by atoms with van der Waals surface area (Å²) in [7, 11) is 0. The Morgan fingerprint density at radius 2 is 2.47 bits per heavy atom. The average molecular weight is 205 g/mol. The van der Waals surface area contributed by atoms with Crippen LogP contribution in [-0.4, -0.2) is 22.7 Å². The summed E-state index contributed by atoms with van der Waals surface area (Å²) < 4.78 is 5.21. The van der Waals surface area contributed by atoms with E-state index in [-0.39, 0.29) is 11.4 Å². The number of terminal acetylenes is 1. The van der Waals surface area contributed by atoms with Crippen molar-refractivity contribution < 1.29 is 14.6 Å². The molecule has 0 atom stereocenters. The van der Waals surface area contributed by atoms with Crippen LogP contribution in [0.2, 0.25) is 0 Å². The third-order valence-electron chi connectivity index (χ3n) is 1.71. The van der Waals surface area contributed by atoms with Crippen molar-refractivity contribution in [1.82, 2.24) is 4.98 Å². The summed E-state index contributed by atoms with van der Waals surface area (Å²) >= 11 is 0. The van der Waals surface area contributed by atoms with Gasteiger partial charge in [-0.2, -0.15) is 0 Å². The van der Waals surface area contributed by atoms with Crippen molar-refractivity contribution in [1.29, 1.82) is 0 Å². The van der Waals surface area contributed by atoms with Crippen LogP contribution in [0.25, 0.3) is 0 Å². The molecule has 0 radical (unpaired) electrons. The number of aromatic nitrogens is 1. The first-order chi connectivity index (χ1) is 7.25. The number of unbranched alkanes of at least 4 members (excludes halogenated alkanes) is 1. The molecule has 4 nitrogen and oxygen atoms in total. The molecule has 0 bridgehead atoms. The lowest BCUT2D eigenvalue weighted by atomic mass is 10.3. The van der Waals surface area contributed by atoms with E-state index in [2.05, 4.69) is 10.9 Å². The van der Waals surface area contributed by atoms with Crippen LogP contribution in [0.15, 0.2) is 18.3 Å². The number of carboxylic acids is 1. The quantitative estimate of drug-likeness (QED) is 0.585. The Kier molecular flexibility index (Phi) is 4.17. The summed E-state index contributed by atoms with van der Waals surface area (Å²) in [6.45, 7) is 0.376. The van der Waals surface area contributed by atoms with Gasteiger partial charge in [0.1, 0.15) is 5.56 Å². The van der Waals surface area contributed by atoms with E-state index in [4.69, 9.17) is 16.3 Å². The molecule has 1 N–H and O–H groups in total. The van der Waals surface area contributed by atoms with Gasteiger partial charge in [-0.05, 0) is 18.6 Å². The lowest BCUT2D eigenvalue weighted by Gasteiger charge is -2.05. The van der Waals surface area contributed by atoms with Crippen molar-refractivity contribution in [2.45, 2.75) is 12.8 Å². The molecule has 0 unspecified atom stereocenters. The fourth-order valence-electron chi connectivity index (χ4n) is 1.01. The van der Waals surface area contributed by atoms with Gasteiger partial charge < -0.3 is 9.84 Å². The molecule has 0 saturated heterocycles. The predicted octanol–water partition coefficient (Wildman–Crippen LogP) is 1.57. The first kappa shape index (κ1) is 11.1. The van der Waals surface area contributed by atoms with E-state index in [1.807, 2.05) is 0 Å². The summed E-state index contributed by atoms with van der Waals surface area (Å²) in [5.41, 5.74) is 0.0678. The van der Waals surface area contributed by atoms with E-state index in [0.29, 0.717) is 19.4 Å². The molecule has 0 aliphatic carbocycles. The second kappa shape index (κ2) is 5.66. The zero-order chi connectivity index (χ0) is 11.1. The van der Waals surface area contributed by atoms with Crippen molar-refractivity contribution in [2.24, 2.45) is 0 Å². The molecule has 78 valence electrons. The van der Waals surface area contributed by atoms with Crippen LogP contribution in [-0.2, 0) is 0 Å². The van der Waals surface area contributed by atoms with Crippen LogP contribution in [0.4, 0.5) is 0 Å². The van der Waals surface area contributed by atoms with Gasteiger partial charge in [0.05, 0.1) is 6.61 Å². The molecule has 0 amide bonds. The topological polar surface area (TPSA) is 59.4 Å². The van der Waals surface area contributed by atoms with Gasteiger partial charge in [-0.15, -0.1) is 12.3 Å². The van der Waals surface area contributed by atoms with Crippen molar-refractivity contribution >= 4 is 5.97 Å². The Balaban J connectivity index is 2.60. The molecule has 15 heavy (non-hydrogen) atoms. The van der Waals surface area contributed by atoms with Gasteiger partial charge in [-0.25, -0.2) is 9.78 Å². The summed E-state index contributed by atoms with van der Waals surface area (Å²) in [6, 6.07) is 3.00. The fourth-order valence-corrected chi connectivity index (χ4v) is 1.01. The maximum atomic E-state index is 10.8. The van der Waals surface area contributed by atoms with E-state index in [1.165, 1.54) is 12.3 Å². The second-order valence-electron chi connectivity index (χ2n) is 2.82. The number of hydrogen-bond acceptors (Lipinski definition) is 3. The van der Waals surface area contributed by atoms with Gasteiger partial charge in [0.25, 0.3) is 0 Å². The highest BCUT2D eigenvalue weighted by Crippen LogP contribution is 2.14. The van der Waals surface area contributed by atoms with Crippen LogP contribution in [0.5, 0.6) is 5.88 Å². The number of nitrogens with zero attached hydrogens (tertiary/aromatic N) is 1. The van der Waals surface area contributed by atoms with Crippen molar-refractivity contribution in [3.8, 4) is 18.2 Å². The second-order valence-corrected chi connectivity index (χ2v) is 2.82. The maximum absolute atomic E-state index is 10.8. The van der Waals surface area contributed by atoms with Gasteiger partial charge in [0.15, 0.2) is 0 Å². The van der Waals surface area contributed by atoms with E-state index < -0.39 is 5.97 Å². The summed E-state index contributed by atoms with van der Waals surface area (Å²) in [5, 5.41) is 8.82. The molecule has 1 rings (SSSR count). The Morgan fingerprint density at radius 3 is 3.13 bits per heavy atom. The number of hydrogen-bond donors (Lipinski definition) is 1. The molecule has 1 heterocycles. The highest BCUT2D eigenvalue weighted by atomic mass is 16.5. The molecule has 0 saturated carbocycles. The smallest absolute Gasteiger partial charge is 0.341 e. The number of carbonyl (C=O) groups is 1.